The molecule has 1 atom stereocenters. The van der Waals surface area contributed by atoms with E-state index in [2.05, 4.69) is 16.0 Å². The topological polar surface area (TPSA) is 66.1 Å². The van der Waals surface area contributed by atoms with E-state index in [4.69, 9.17) is 0 Å². The fraction of sp³-hybridized carbons (Fsp3) is 0.143. The Hall–Kier alpha value is -2.32. The van der Waals surface area contributed by atoms with Gasteiger partial charge in [0.05, 0.1) is 22.7 Å². The highest BCUT2D eigenvalue weighted by Crippen LogP contribution is 2.33. The van der Waals surface area contributed by atoms with Crippen LogP contribution in [0.5, 0.6) is 0 Å². The van der Waals surface area contributed by atoms with Crippen molar-refractivity contribution in [2.24, 2.45) is 4.99 Å². The fourth-order valence-electron chi connectivity index (χ4n) is 2.00. The van der Waals surface area contributed by atoms with Crippen LogP contribution in [-0.4, -0.2) is 17.1 Å². The Bertz CT molecular complexity index is 718. The van der Waals surface area contributed by atoms with Gasteiger partial charge in [-0.05, 0) is 23.8 Å². The summed E-state index contributed by atoms with van der Waals surface area (Å²) < 4.78 is 1.05. The van der Waals surface area contributed by atoms with E-state index in [1.165, 1.54) is 17.6 Å². The minimum atomic E-state index is -0.465. The lowest BCUT2D eigenvalue weighted by Crippen LogP contribution is -2.08. The van der Waals surface area contributed by atoms with Crippen molar-refractivity contribution in [3.63, 3.8) is 0 Å². The van der Waals surface area contributed by atoms with Crippen LogP contribution < -0.4 is 0 Å². The number of fused-ring (bicyclic) bond motifs is 1. The average molecular weight is 267 g/mol. The molecular weight excluding hydrogens is 258 g/mol. The molecule has 2 aromatic rings. The van der Waals surface area contributed by atoms with Crippen LogP contribution in [0.15, 0.2) is 40.9 Å². The molecule has 92 valence electrons. The van der Waals surface area contributed by atoms with Crippen LogP contribution >= 0.6 is 11.3 Å². The van der Waals surface area contributed by atoms with Gasteiger partial charge in [0.15, 0.2) is 0 Å². The van der Waals surface area contributed by atoms with Crippen LogP contribution in [0.3, 0.4) is 0 Å². The quantitative estimate of drug-likeness (QED) is 0.840. The maximum absolute atomic E-state index is 11.3. The lowest BCUT2D eigenvalue weighted by Gasteiger charge is -2.11. The van der Waals surface area contributed by atoms with Gasteiger partial charge < -0.3 is 0 Å². The molecular formula is C14H9N3OS. The standard InChI is InChI=1S/C14H9N3OS/c15-8-10(9-5-6-16-13(18)7-9)14-17-11-3-1-2-4-12(11)19-14/h1-6,10H,7H2. The molecule has 0 fully saturated rings. The van der Waals surface area contributed by atoms with E-state index in [-0.39, 0.29) is 12.3 Å². The van der Waals surface area contributed by atoms with Crippen LogP contribution in [0.1, 0.15) is 17.3 Å². The smallest absolute Gasteiger partial charge is 0.249 e. The Morgan fingerprint density at radius 2 is 2.21 bits per heavy atom. The minimum absolute atomic E-state index is 0.199. The first-order valence-corrected chi connectivity index (χ1v) is 6.60. The summed E-state index contributed by atoms with van der Waals surface area (Å²) >= 11 is 1.49. The van der Waals surface area contributed by atoms with E-state index in [9.17, 15) is 10.1 Å². The van der Waals surface area contributed by atoms with Crippen molar-refractivity contribution in [3.05, 3.63) is 40.9 Å². The lowest BCUT2D eigenvalue weighted by molar-refractivity contribution is -0.117. The zero-order valence-corrected chi connectivity index (χ0v) is 10.7. The Balaban J connectivity index is 2.03. The molecule has 1 aliphatic rings. The molecule has 0 spiro atoms. The Morgan fingerprint density at radius 3 is 2.95 bits per heavy atom. The van der Waals surface area contributed by atoms with Crippen LogP contribution in [0.2, 0.25) is 0 Å². The second-order valence-corrected chi connectivity index (χ2v) is 5.23. The van der Waals surface area contributed by atoms with Gasteiger partial charge >= 0.3 is 0 Å². The van der Waals surface area contributed by atoms with Crippen LogP contribution in [0.25, 0.3) is 10.2 Å². The highest BCUT2D eigenvalue weighted by molar-refractivity contribution is 7.18. The number of aliphatic imine (C=N–C) groups is 1. The number of para-hydroxylation sites is 1. The van der Waals surface area contributed by atoms with Gasteiger partial charge in [0, 0.05) is 6.21 Å². The molecule has 0 N–H and O–H groups in total. The number of benzene rings is 1. The van der Waals surface area contributed by atoms with Crippen molar-refractivity contribution in [2.75, 3.05) is 0 Å². The normalized spacial score (nSPS) is 16.2. The number of thiazole rings is 1. The van der Waals surface area contributed by atoms with Crippen molar-refractivity contribution < 1.29 is 4.79 Å². The van der Waals surface area contributed by atoms with Crippen molar-refractivity contribution in [1.82, 2.24) is 4.98 Å². The van der Waals surface area contributed by atoms with Gasteiger partial charge in [0.2, 0.25) is 5.91 Å². The van der Waals surface area contributed by atoms with Crippen molar-refractivity contribution >= 4 is 33.7 Å². The molecule has 19 heavy (non-hydrogen) atoms. The number of hydrogen-bond acceptors (Lipinski definition) is 4. The molecule has 1 aromatic carbocycles. The van der Waals surface area contributed by atoms with Crippen molar-refractivity contribution in [1.29, 1.82) is 5.26 Å². The molecule has 1 aromatic heterocycles. The van der Waals surface area contributed by atoms with Gasteiger partial charge in [-0.2, -0.15) is 5.26 Å². The van der Waals surface area contributed by atoms with Gasteiger partial charge in [0.25, 0.3) is 0 Å². The molecule has 0 saturated carbocycles. The number of amides is 1. The van der Waals surface area contributed by atoms with E-state index in [1.54, 1.807) is 6.08 Å². The minimum Gasteiger partial charge on any atom is -0.272 e. The van der Waals surface area contributed by atoms with Gasteiger partial charge in [-0.3, -0.25) is 4.79 Å². The number of carbonyl (C=O) groups excluding carboxylic acids is 1. The summed E-state index contributed by atoms with van der Waals surface area (Å²) in [7, 11) is 0. The molecule has 0 radical (unpaired) electrons. The largest absolute Gasteiger partial charge is 0.272 e. The molecule has 5 heteroatoms. The van der Waals surface area contributed by atoms with Gasteiger partial charge in [-0.15, -0.1) is 11.3 Å². The molecule has 0 saturated heterocycles. The van der Waals surface area contributed by atoms with E-state index in [0.29, 0.717) is 0 Å². The van der Waals surface area contributed by atoms with Gasteiger partial charge in [0.1, 0.15) is 10.9 Å². The monoisotopic (exact) mass is 267 g/mol. The van der Waals surface area contributed by atoms with Gasteiger partial charge in [-0.25, -0.2) is 9.98 Å². The zero-order valence-electron chi connectivity index (χ0n) is 9.91. The summed E-state index contributed by atoms with van der Waals surface area (Å²) in [6.07, 6.45) is 3.39. The van der Waals surface area contributed by atoms with Crippen molar-refractivity contribution in [3.8, 4) is 6.07 Å². The lowest BCUT2D eigenvalue weighted by atomic mass is 9.96. The summed E-state index contributed by atoms with van der Waals surface area (Å²) in [5, 5.41) is 10.1. The number of hydrogen-bond donors (Lipinski definition) is 0. The summed E-state index contributed by atoms with van der Waals surface area (Å²) in [6.45, 7) is 0. The summed E-state index contributed by atoms with van der Waals surface area (Å²) in [6, 6.07) is 10.0. The van der Waals surface area contributed by atoms with E-state index < -0.39 is 5.92 Å². The average Bonchev–Trinajstić information content (AvgIpc) is 2.83. The van der Waals surface area contributed by atoms with Crippen molar-refractivity contribution in [2.45, 2.75) is 12.3 Å². The van der Waals surface area contributed by atoms with E-state index in [0.717, 1.165) is 20.8 Å². The maximum Gasteiger partial charge on any atom is 0.249 e. The molecule has 0 bridgehead atoms. The first-order valence-electron chi connectivity index (χ1n) is 5.79. The highest BCUT2D eigenvalue weighted by atomic mass is 32.1. The third-order valence-electron chi connectivity index (χ3n) is 2.92. The molecule has 4 nitrogen and oxygen atoms in total. The number of carbonyl (C=O) groups is 1. The Kier molecular flexibility index (Phi) is 2.94. The second-order valence-electron chi connectivity index (χ2n) is 4.17. The fourth-order valence-corrected chi connectivity index (χ4v) is 3.06. The number of nitrogens with zero attached hydrogens (tertiary/aromatic N) is 3. The number of nitriles is 1. The molecule has 2 heterocycles. The Labute approximate surface area is 113 Å². The number of allylic oxidation sites excluding steroid dienone is 1. The first-order chi connectivity index (χ1) is 9.28. The predicted molar refractivity (Wildman–Crippen MR) is 74.2 cm³/mol. The van der Waals surface area contributed by atoms with Crippen LogP contribution in [-0.2, 0) is 4.79 Å². The van der Waals surface area contributed by atoms with Crippen LogP contribution in [0.4, 0.5) is 0 Å². The number of rotatable bonds is 2. The molecule has 0 aliphatic carbocycles. The highest BCUT2D eigenvalue weighted by Gasteiger charge is 2.23. The molecule has 1 unspecified atom stereocenters. The first kappa shape index (κ1) is 11.8. The van der Waals surface area contributed by atoms with E-state index in [1.807, 2.05) is 24.3 Å². The summed E-state index contributed by atoms with van der Waals surface area (Å²) in [5.41, 5.74) is 1.65. The molecule has 1 aliphatic heterocycles. The van der Waals surface area contributed by atoms with Gasteiger partial charge in [-0.1, -0.05) is 12.1 Å². The maximum atomic E-state index is 11.3. The molecule has 3 rings (SSSR count). The predicted octanol–water partition coefficient (Wildman–Crippen LogP) is 2.83. The Morgan fingerprint density at radius 1 is 1.37 bits per heavy atom. The second kappa shape index (κ2) is 4.75. The van der Waals surface area contributed by atoms with Crippen LogP contribution in [0, 0.1) is 11.3 Å². The third kappa shape index (κ3) is 2.18. The molecule has 1 amide bonds. The summed E-state index contributed by atoms with van der Waals surface area (Å²) in [5.74, 6) is -0.674. The van der Waals surface area contributed by atoms with E-state index >= 15 is 0 Å². The third-order valence-corrected chi connectivity index (χ3v) is 4.02. The summed E-state index contributed by atoms with van der Waals surface area (Å²) in [4.78, 5) is 19.5. The zero-order chi connectivity index (χ0) is 13.2. The number of dihydropyridines is 1. The number of aromatic nitrogens is 1. The SMILES string of the molecule is N#CC(C1=CC=NC(=O)C1)c1nc2ccccc2s1.